The van der Waals surface area contributed by atoms with Crippen LogP contribution >= 0.6 is 11.8 Å². The summed E-state index contributed by atoms with van der Waals surface area (Å²) in [5.41, 5.74) is 3.23. The molecule has 0 radical (unpaired) electrons. The maximum Gasteiger partial charge on any atom is 0.241 e. The third kappa shape index (κ3) is 6.13. The van der Waals surface area contributed by atoms with E-state index in [0.717, 1.165) is 30.8 Å². The molecule has 0 atom stereocenters. The lowest BCUT2D eigenvalue weighted by Crippen LogP contribution is -2.38. The first kappa shape index (κ1) is 22.0. The van der Waals surface area contributed by atoms with Gasteiger partial charge in [0.05, 0.1) is 17.6 Å². The first-order valence-electron chi connectivity index (χ1n) is 10.8. The van der Waals surface area contributed by atoms with Crippen LogP contribution in [-0.2, 0) is 22.6 Å². The molecule has 3 aromatic rings. The first-order chi connectivity index (χ1) is 15.7. The molecule has 8 heteroatoms. The number of nitrogens with zero attached hydrogens (tertiary/aromatic N) is 3. The fraction of sp³-hybridized carbons (Fsp3) is 0.292. The number of nitrogens with one attached hydrogen (secondary N) is 2. The molecule has 0 saturated heterocycles. The number of hydrogen-bond donors (Lipinski definition) is 2. The van der Waals surface area contributed by atoms with Crippen molar-refractivity contribution in [3.05, 3.63) is 72.6 Å². The van der Waals surface area contributed by atoms with Gasteiger partial charge in [0.2, 0.25) is 11.8 Å². The third-order valence-corrected chi connectivity index (χ3v) is 6.26. The van der Waals surface area contributed by atoms with Crippen molar-refractivity contribution < 1.29 is 9.59 Å². The predicted octanol–water partition coefficient (Wildman–Crippen LogP) is 3.18. The van der Waals surface area contributed by atoms with Gasteiger partial charge in [-0.25, -0.2) is 0 Å². The van der Waals surface area contributed by atoms with Crippen LogP contribution in [0.25, 0.3) is 0 Å². The van der Waals surface area contributed by atoms with Gasteiger partial charge in [0.15, 0.2) is 0 Å². The molecule has 32 heavy (non-hydrogen) atoms. The van der Waals surface area contributed by atoms with Gasteiger partial charge in [0.25, 0.3) is 0 Å². The molecule has 0 spiro atoms. The third-order valence-electron chi connectivity index (χ3n) is 5.25. The fourth-order valence-electron chi connectivity index (χ4n) is 3.75. The zero-order chi connectivity index (χ0) is 22.2. The van der Waals surface area contributed by atoms with Crippen LogP contribution in [0.3, 0.4) is 0 Å². The second-order valence-corrected chi connectivity index (χ2v) is 8.69. The summed E-state index contributed by atoms with van der Waals surface area (Å²) in [7, 11) is 0. The molecule has 1 aromatic heterocycles. The number of hydrogen-bond acceptors (Lipinski definition) is 5. The minimum Gasteiger partial charge on any atom is -0.370 e. The Labute approximate surface area is 192 Å². The maximum absolute atomic E-state index is 12.3. The Morgan fingerprint density at radius 3 is 2.72 bits per heavy atom. The highest BCUT2D eigenvalue weighted by atomic mass is 32.2. The highest BCUT2D eigenvalue weighted by Gasteiger charge is 2.16. The summed E-state index contributed by atoms with van der Waals surface area (Å²) in [6.45, 7) is 2.49. The van der Waals surface area contributed by atoms with Crippen molar-refractivity contribution in [1.82, 2.24) is 15.1 Å². The second kappa shape index (κ2) is 10.9. The maximum atomic E-state index is 12.3. The van der Waals surface area contributed by atoms with Crippen LogP contribution in [0.1, 0.15) is 12.0 Å². The van der Waals surface area contributed by atoms with E-state index in [1.807, 2.05) is 30.3 Å². The summed E-state index contributed by atoms with van der Waals surface area (Å²) < 4.78 is 1.53. The summed E-state index contributed by atoms with van der Waals surface area (Å²) in [5, 5.41) is 9.96. The zero-order valence-corrected chi connectivity index (χ0v) is 18.7. The molecule has 0 bridgehead atoms. The molecule has 7 nitrogen and oxygen atoms in total. The number of fused-ring (bicyclic) bond motifs is 1. The Balaban J connectivity index is 1.18. The lowest BCUT2D eigenvalue weighted by Gasteiger charge is -2.31. The number of rotatable bonds is 9. The number of carbonyl (C=O) groups excluding carboxylic acids is 2. The van der Waals surface area contributed by atoms with Gasteiger partial charge in [0, 0.05) is 36.4 Å². The summed E-state index contributed by atoms with van der Waals surface area (Å²) in [4.78, 5) is 27.8. The van der Waals surface area contributed by atoms with Crippen LogP contribution in [0.5, 0.6) is 0 Å². The van der Waals surface area contributed by atoms with E-state index >= 15 is 0 Å². The van der Waals surface area contributed by atoms with E-state index in [9.17, 15) is 9.59 Å². The van der Waals surface area contributed by atoms with Crippen molar-refractivity contribution in [2.24, 2.45) is 0 Å². The SMILES string of the molecule is O=C(Cn1cc(NC(=O)CSc2ccccc2)cn1)NCCN1CCCc2ccccc21. The minimum atomic E-state index is -0.107. The highest BCUT2D eigenvalue weighted by Crippen LogP contribution is 2.26. The Morgan fingerprint density at radius 1 is 1.03 bits per heavy atom. The van der Waals surface area contributed by atoms with Crippen molar-refractivity contribution in [2.45, 2.75) is 24.3 Å². The van der Waals surface area contributed by atoms with Crippen molar-refractivity contribution >= 4 is 35.0 Å². The molecule has 2 aromatic carbocycles. The zero-order valence-electron chi connectivity index (χ0n) is 17.9. The Bertz CT molecular complexity index is 1050. The van der Waals surface area contributed by atoms with E-state index in [1.54, 1.807) is 12.4 Å². The van der Waals surface area contributed by atoms with Crippen LogP contribution in [0, 0.1) is 0 Å². The quantitative estimate of drug-likeness (QED) is 0.491. The van der Waals surface area contributed by atoms with E-state index < -0.39 is 0 Å². The smallest absolute Gasteiger partial charge is 0.241 e. The van der Waals surface area contributed by atoms with Gasteiger partial charge in [-0.3, -0.25) is 14.3 Å². The van der Waals surface area contributed by atoms with Crippen LogP contribution < -0.4 is 15.5 Å². The molecule has 1 aliphatic heterocycles. The van der Waals surface area contributed by atoms with E-state index in [4.69, 9.17) is 0 Å². The van der Waals surface area contributed by atoms with Crippen molar-refractivity contribution in [1.29, 1.82) is 0 Å². The molecular formula is C24H27N5O2S. The van der Waals surface area contributed by atoms with E-state index in [0.29, 0.717) is 18.0 Å². The standard InChI is InChI=1S/C24H27N5O2S/c30-23(25-12-14-28-13-6-8-19-7-4-5-11-22(19)28)17-29-16-20(15-26-29)27-24(31)18-32-21-9-2-1-3-10-21/h1-5,7,9-11,15-16H,6,8,12-14,17-18H2,(H,25,30)(H,27,31). The number of benzene rings is 2. The van der Waals surface area contributed by atoms with Crippen LogP contribution in [0.2, 0.25) is 0 Å². The minimum absolute atomic E-state index is 0.101. The molecule has 166 valence electrons. The van der Waals surface area contributed by atoms with Crippen molar-refractivity contribution in [2.75, 3.05) is 35.6 Å². The molecule has 2 heterocycles. The van der Waals surface area contributed by atoms with Crippen LogP contribution in [-0.4, -0.2) is 47.0 Å². The summed E-state index contributed by atoms with van der Waals surface area (Å²) >= 11 is 1.47. The largest absolute Gasteiger partial charge is 0.370 e. The Morgan fingerprint density at radius 2 is 1.84 bits per heavy atom. The van der Waals surface area contributed by atoms with Gasteiger partial charge < -0.3 is 15.5 Å². The topological polar surface area (TPSA) is 79.3 Å². The molecule has 0 aliphatic carbocycles. The number of carbonyl (C=O) groups is 2. The van der Waals surface area contributed by atoms with Gasteiger partial charge >= 0.3 is 0 Å². The normalized spacial score (nSPS) is 12.8. The van der Waals surface area contributed by atoms with Crippen molar-refractivity contribution in [3.63, 3.8) is 0 Å². The Hall–Kier alpha value is -3.26. The number of para-hydroxylation sites is 1. The van der Waals surface area contributed by atoms with Gasteiger partial charge in [-0.2, -0.15) is 5.10 Å². The molecular weight excluding hydrogens is 422 g/mol. The molecule has 0 unspecified atom stereocenters. The number of thioether (sulfide) groups is 1. The van der Waals surface area contributed by atoms with Gasteiger partial charge in [-0.05, 0) is 36.6 Å². The number of amides is 2. The van der Waals surface area contributed by atoms with E-state index in [1.165, 1.54) is 27.7 Å². The monoisotopic (exact) mass is 449 g/mol. The van der Waals surface area contributed by atoms with Gasteiger partial charge in [0.1, 0.15) is 6.54 Å². The lowest BCUT2D eigenvalue weighted by atomic mass is 10.0. The second-order valence-electron chi connectivity index (χ2n) is 7.65. The molecule has 1 aliphatic rings. The number of anilines is 2. The average molecular weight is 450 g/mol. The molecule has 4 rings (SSSR count). The van der Waals surface area contributed by atoms with Gasteiger partial charge in [-0.1, -0.05) is 36.4 Å². The van der Waals surface area contributed by atoms with E-state index in [2.05, 4.69) is 44.9 Å². The van der Waals surface area contributed by atoms with Crippen LogP contribution in [0.4, 0.5) is 11.4 Å². The lowest BCUT2D eigenvalue weighted by molar-refractivity contribution is -0.121. The number of aromatic nitrogens is 2. The first-order valence-corrected chi connectivity index (χ1v) is 11.8. The summed E-state index contributed by atoms with van der Waals surface area (Å²) in [6, 6.07) is 18.2. The van der Waals surface area contributed by atoms with Crippen molar-refractivity contribution in [3.8, 4) is 0 Å². The predicted molar refractivity (Wildman–Crippen MR) is 128 cm³/mol. The molecule has 0 saturated carbocycles. The highest BCUT2D eigenvalue weighted by molar-refractivity contribution is 8.00. The average Bonchev–Trinajstić information content (AvgIpc) is 3.25. The number of aryl methyl sites for hydroxylation is 1. The molecule has 2 amide bonds. The Kier molecular flexibility index (Phi) is 7.45. The molecule has 0 fully saturated rings. The van der Waals surface area contributed by atoms with E-state index in [-0.39, 0.29) is 18.4 Å². The molecule has 2 N–H and O–H groups in total. The summed E-state index contributed by atoms with van der Waals surface area (Å²) in [6.07, 6.45) is 5.48. The van der Waals surface area contributed by atoms with Crippen LogP contribution in [0.15, 0.2) is 71.9 Å². The fourth-order valence-corrected chi connectivity index (χ4v) is 4.47. The summed E-state index contributed by atoms with van der Waals surface area (Å²) in [5.74, 6) is 0.107. The van der Waals surface area contributed by atoms with Gasteiger partial charge in [-0.15, -0.1) is 11.8 Å².